The van der Waals surface area contributed by atoms with Crippen molar-refractivity contribution in [2.24, 2.45) is 0 Å². The Bertz CT molecular complexity index is 1090. The molecule has 2 rings (SSSR count). The molecule has 1 heterocycles. The summed E-state index contributed by atoms with van der Waals surface area (Å²) in [6, 6.07) is 11.8. The van der Waals surface area contributed by atoms with E-state index in [0.717, 1.165) is 11.8 Å². The predicted octanol–water partition coefficient (Wildman–Crippen LogP) is 1.12. The lowest BCUT2D eigenvalue weighted by molar-refractivity contribution is -0.131. The summed E-state index contributed by atoms with van der Waals surface area (Å²) in [5, 5.41) is 17.4. The number of benzene rings is 1. The molecule has 2 aromatic rings. The monoisotopic (exact) mass is 419 g/mol. The standard InChI is InChI=1S/C19H21N3O6S/c1-19(18(24)21-25,29(2,26)27)8-11-22-10-7-15(13-17(22)23)14-3-5-16(6-4-14)28-12-9-20/h3-7,10,13,25H,8,11-12H2,1-2H3,(H,21,24)/t19-/m1/s1. The maximum absolute atomic E-state index is 12.4. The number of aromatic nitrogens is 1. The first-order valence-corrected chi connectivity index (χ1v) is 10.5. The van der Waals surface area contributed by atoms with Gasteiger partial charge >= 0.3 is 0 Å². The van der Waals surface area contributed by atoms with Gasteiger partial charge in [-0.1, -0.05) is 12.1 Å². The minimum absolute atomic E-state index is 0.0307. The molecule has 29 heavy (non-hydrogen) atoms. The van der Waals surface area contributed by atoms with Crippen molar-refractivity contribution >= 4 is 15.7 Å². The highest BCUT2D eigenvalue weighted by atomic mass is 32.2. The van der Waals surface area contributed by atoms with Crippen molar-refractivity contribution in [2.75, 3.05) is 12.9 Å². The van der Waals surface area contributed by atoms with Crippen LogP contribution in [0.2, 0.25) is 0 Å². The molecule has 0 fully saturated rings. The number of rotatable bonds is 8. The third kappa shape index (κ3) is 5.01. The molecule has 0 aliphatic heterocycles. The van der Waals surface area contributed by atoms with Gasteiger partial charge in [-0.05, 0) is 42.7 Å². The molecule has 0 unspecified atom stereocenters. The van der Waals surface area contributed by atoms with E-state index < -0.39 is 20.5 Å². The number of pyridine rings is 1. The lowest BCUT2D eigenvalue weighted by Crippen LogP contribution is -2.49. The Morgan fingerprint density at radius 2 is 1.93 bits per heavy atom. The van der Waals surface area contributed by atoms with Crippen molar-refractivity contribution in [1.29, 1.82) is 5.26 Å². The summed E-state index contributed by atoms with van der Waals surface area (Å²) >= 11 is 0. The third-order valence-electron chi connectivity index (χ3n) is 4.72. The number of nitrogens with zero attached hydrogens (tertiary/aromatic N) is 2. The summed E-state index contributed by atoms with van der Waals surface area (Å²) in [6.45, 7) is 1.11. The van der Waals surface area contributed by atoms with E-state index in [1.54, 1.807) is 30.3 Å². The van der Waals surface area contributed by atoms with Crippen molar-refractivity contribution in [1.82, 2.24) is 10.0 Å². The number of nitrogens with one attached hydrogen (secondary N) is 1. The molecule has 0 spiro atoms. The molecular weight excluding hydrogens is 398 g/mol. The number of aryl methyl sites for hydroxylation is 1. The number of hydrogen-bond donors (Lipinski definition) is 2. The molecule has 1 aromatic heterocycles. The van der Waals surface area contributed by atoms with Crippen LogP contribution in [0, 0.1) is 11.3 Å². The van der Waals surface area contributed by atoms with Crippen molar-refractivity contribution in [3.05, 3.63) is 52.9 Å². The van der Waals surface area contributed by atoms with Crippen molar-refractivity contribution < 1.29 is 23.2 Å². The lowest BCUT2D eigenvalue weighted by atomic mass is 10.1. The Kier molecular flexibility index (Phi) is 6.79. The normalized spacial score (nSPS) is 13.2. The van der Waals surface area contributed by atoms with Crippen LogP contribution in [0.3, 0.4) is 0 Å². The van der Waals surface area contributed by atoms with Gasteiger partial charge < -0.3 is 9.30 Å². The van der Waals surface area contributed by atoms with Crippen molar-refractivity contribution in [3.8, 4) is 22.9 Å². The van der Waals surface area contributed by atoms with Crippen LogP contribution in [0.4, 0.5) is 0 Å². The second-order valence-corrected chi connectivity index (χ2v) is 9.06. The summed E-state index contributed by atoms with van der Waals surface area (Å²) in [5.74, 6) is -0.519. The smallest absolute Gasteiger partial charge is 0.264 e. The fourth-order valence-corrected chi connectivity index (χ4v) is 3.50. The Labute approximate surface area is 168 Å². The number of hydroxylamine groups is 1. The molecule has 1 atom stereocenters. The van der Waals surface area contributed by atoms with Crippen molar-refractivity contribution in [2.45, 2.75) is 24.6 Å². The average molecular weight is 419 g/mol. The molecule has 1 amide bonds. The quantitative estimate of drug-likeness (QED) is 0.483. The zero-order chi connectivity index (χ0) is 21.7. The minimum Gasteiger partial charge on any atom is -0.479 e. The van der Waals surface area contributed by atoms with E-state index in [9.17, 15) is 18.0 Å². The number of ether oxygens (including phenoxy) is 1. The molecule has 0 saturated carbocycles. The number of sulfone groups is 1. The van der Waals surface area contributed by atoms with Gasteiger partial charge in [0.05, 0.1) is 0 Å². The van der Waals surface area contributed by atoms with E-state index in [-0.39, 0.29) is 25.1 Å². The van der Waals surface area contributed by atoms with Crippen LogP contribution in [0.1, 0.15) is 13.3 Å². The van der Waals surface area contributed by atoms with E-state index >= 15 is 0 Å². The van der Waals surface area contributed by atoms with Gasteiger partial charge in [0.1, 0.15) is 11.8 Å². The fraction of sp³-hybridized carbons (Fsp3) is 0.316. The Morgan fingerprint density at radius 3 is 2.45 bits per heavy atom. The van der Waals surface area contributed by atoms with Gasteiger partial charge in [0, 0.05) is 25.1 Å². The molecule has 10 heteroatoms. The summed E-state index contributed by atoms with van der Waals surface area (Å²) in [6.07, 6.45) is 2.22. The van der Waals surface area contributed by atoms with E-state index in [1.807, 2.05) is 6.07 Å². The number of hydrogen-bond acceptors (Lipinski definition) is 7. The highest BCUT2D eigenvalue weighted by Gasteiger charge is 2.43. The van der Waals surface area contributed by atoms with E-state index in [4.69, 9.17) is 15.2 Å². The zero-order valence-electron chi connectivity index (χ0n) is 16.0. The van der Waals surface area contributed by atoms with Crippen LogP contribution in [-0.2, 0) is 21.2 Å². The Morgan fingerprint density at radius 1 is 1.28 bits per heavy atom. The zero-order valence-corrected chi connectivity index (χ0v) is 16.8. The average Bonchev–Trinajstić information content (AvgIpc) is 2.69. The molecule has 9 nitrogen and oxygen atoms in total. The topological polar surface area (TPSA) is 138 Å². The predicted molar refractivity (Wildman–Crippen MR) is 105 cm³/mol. The van der Waals surface area contributed by atoms with Crippen LogP contribution in [0.5, 0.6) is 5.75 Å². The van der Waals surface area contributed by atoms with Gasteiger partial charge in [-0.25, -0.2) is 13.9 Å². The number of amides is 1. The highest BCUT2D eigenvalue weighted by Crippen LogP contribution is 2.23. The van der Waals surface area contributed by atoms with Crippen LogP contribution in [0.15, 0.2) is 47.4 Å². The van der Waals surface area contributed by atoms with E-state index in [1.165, 1.54) is 29.2 Å². The van der Waals surface area contributed by atoms with Crippen LogP contribution < -0.4 is 15.8 Å². The number of carbonyl (C=O) groups excluding carboxylic acids is 1. The van der Waals surface area contributed by atoms with Gasteiger partial charge in [-0.3, -0.25) is 14.8 Å². The molecule has 0 aliphatic carbocycles. The second-order valence-electron chi connectivity index (χ2n) is 6.61. The Balaban J connectivity index is 2.20. The highest BCUT2D eigenvalue weighted by molar-refractivity contribution is 7.92. The molecule has 154 valence electrons. The van der Waals surface area contributed by atoms with Gasteiger partial charge in [-0.15, -0.1) is 0 Å². The van der Waals surface area contributed by atoms with Crippen LogP contribution in [-0.4, -0.2) is 41.7 Å². The van der Waals surface area contributed by atoms with E-state index in [2.05, 4.69) is 0 Å². The molecule has 1 aromatic carbocycles. The molecule has 2 N–H and O–H groups in total. The summed E-state index contributed by atoms with van der Waals surface area (Å²) in [7, 11) is -3.84. The van der Waals surface area contributed by atoms with Crippen LogP contribution >= 0.6 is 0 Å². The number of carbonyl (C=O) groups is 1. The lowest BCUT2D eigenvalue weighted by Gasteiger charge is -2.25. The molecular formula is C19H21N3O6S. The van der Waals surface area contributed by atoms with E-state index in [0.29, 0.717) is 11.3 Å². The molecule has 0 aliphatic rings. The van der Waals surface area contributed by atoms with Gasteiger partial charge in [-0.2, -0.15) is 5.26 Å². The van der Waals surface area contributed by atoms with Gasteiger partial charge in [0.15, 0.2) is 21.2 Å². The Hall–Kier alpha value is -3.16. The fourth-order valence-electron chi connectivity index (χ4n) is 2.65. The largest absolute Gasteiger partial charge is 0.479 e. The first kappa shape index (κ1) is 22.1. The van der Waals surface area contributed by atoms with Crippen molar-refractivity contribution in [3.63, 3.8) is 0 Å². The summed E-state index contributed by atoms with van der Waals surface area (Å²) in [4.78, 5) is 24.3. The first-order chi connectivity index (χ1) is 13.6. The maximum atomic E-state index is 12.4. The second kappa shape index (κ2) is 8.89. The molecule has 0 saturated heterocycles. The van der Waals surface area contributed by atoms with Gasteiger partial charge in [0.25, 0.3) is 11.5 Å². The third-order valence-corrected chi connectivity index (χ3v) is 6.74. The van der Waals surface area contributed by atoms with Gasteiger partial charge in [0.2, 0.25) is 0 Å². The number of nitriles is 1. The summed E-state index contributed by atoms with van der Waals surface area (Å²) < 4.78 is 28.6. The minimum atomic E-state index is -3.84. The SMILES string of the molecule is C[C@@](CCn1ccc(-c2ccc(OCC#N)cc2)cc1=O)(C(=O)NO)S(C)(=O)=O. The van der Waals surface area contributed by atoms with Crippen LogP contribution in [0.25, 0.3) is 11.1 Å². The molecule has 0 radical (unpaired) electrons. The summed E-state index contributed by atoms with van der Waals surface area (Å²) in [5.41, 5.74) is 2.42. The molecule has 0 bridgehead atoms. The maximum Gasteiger partial charge on any atom is 0.264 e. The first-order valence-electron chi connectivity index (χ1n) is 8.57.